The predicted octanol–water partition coefficient (Wildman–Crippen LogP) is 0.514. The topological polar surface area (TPSA) is 49.3 Å². The van der Waals surface area contributed by atoms with Crippen LogP contribution in [-0.4, -0.2) is 29.0 Å². The van der Waals surface area contributed by atoms with Crippen molar-refractivity contribution >= 4 is 21.8 Å². The molecular formula is C7H14BrNO2. The van der Waals surface area contributed by atoms with E-state index in [2.05, 4.69) is 21.2 Å². The fourth-order valence-corrected chi connectivity index (χ4v) is 0.830. The molecule has 0 aromatic rings. The minimum absolute atomic E-state index is 0.00356. The van der Waals surface area contributed by atoms with Crippen molar-refractivity contribution in [3.05, 3.63) is 0 Å². The Balaban J connectivity index is 3.78. The molecule has 0 unspecified atom stereocenters. The van der Waals surface area contributed by atoms with Crippen LogP contribution in [0.25, 0.3) is 0 Å². The molecule has 0 bridgehead atoms. The van der Waals surface area contributed by atoms with Gasteiger partial charge in [-0.25, -0.2) is 0 Å². The predicted molar refractivity (Wildman–Crippen MR) is 47.6 cm³/mol. The van der Waals surface area contributed by atoms with Gasteiger partial charge in [-0.3, -0.25) is 4.79 Å². The van der Waals surface area contributed by atoms with Crippen molar-refractivity contribution in [3.63, 3.8) is 0 Å². The average molecular weight is 224 g/mol. The van der Waals surface area contributed by atoms with Crippen molar-refractivity contribution in [2.75, 3.05) is 11.9 Å². The van der Waals surface area contributed by atoms with Crippen LogP contribution in [0.15, 0.2) is 0 Å². The summed E-state index contributed by atoms with van der Waals surface area (Å²) in [5, 5.41) is 11.8. The first-order valence-electron chi connectivity index (χ1n) is 3.58. The van der Waals surface area contributed by atoms with Gasteiger partial charge < -0.3 is 10.4 Å². The van der Waals surface area contributed by atoms with Crippen LogP contribution in [0, 0.1) is 5.92 Å². The minimum Gasteiger partial charge on any atom is -0.394 e. The van der Waals surface area contributed by atoms with E-state index in [0.29, 0.717) is 0 Å². The van der Waals surface area contributed by atoms with Crippen LogP contribution in [0.3, 0.4) is 0 Å². The molecule has 0 saturated heterocycles. The van der Waals surface area contributed by atoms with E-state index in [1.54, 1.807) is 0 Å². The molecule has 0 rings (SSSR count). The van der Waals surface area contributed by atoms with Gasteiger partial charge >= 0.3 is 0 Å². The molecule has 0 radical (unpaired) electrons. The summed E-state index contributed by atoms with van der Waals surface area (Å²) in [7, 11) is 0. The molecule has 0 aromatic carbocycles. The minimum atomic E-state index is -0.125. The Hall–Kier alpha value is -0.0900. The van der Waals surface area contributed by atoms with E-state index in [4.69, 9.17) is 5.11 Å². The molecule has 1 amide bonds. The first-order valence-corrected chi connectivity index (χ1v) is 4.70. The standard InChI is InChI=1S/C7H14BrNO2/c1-5(2)6(4-10)9-7(11)3-8/h5-6,10H,3-4H2,1-2H3,(H,9,11)/t6-/m1/s1. The third-order valence-corrected chi connectivity index (χ3v) is 1.98. The Morgan fingerprint density at radius 2 is 2.18 bits per heavy atom. The number of amides is 1. The van der Waals surface area contributed by atoms with Gasteiger partial charge in [0.05, 0.1) is 18.0 Å². The molecule has 66 valence electrons. The molecular weight excluding hydrogens is 210 g/mol. The molecule has 0 aliphatic heterocycles. The van der Waals surface area contributed by atoms with Crippen LogP contribution >= 0.6 is 15.9 Å². The second kappa shape index (κ2) is 5.55. The lowest BCUT2D eigenvalue weighted by atomic mass is 10.1. The molecule has 0 spiro atoms. The molecule has 0 aromatic heterocycles. The molecule has 0 saturated carbocycles. The van der Waals surface area contributed by atoms with Crippen molar-refractivity contribution in [2.45, 2.75) is 19.9 Å². The number of aliphatic hydroxyl groups is 1. The maximum atomic E-state index is 10.8. The zero-order chi connectivity index (χ0) is 8.85. The Labute approximate surface area is 75.3 Å². The molecule has 0 fully saturated rings. The molecule has 4 heteroatoms. The number of hydrogen-bond donors (Lipinski definition) is 2. The van der Waals surface area contributed by atoms with E-state index in [0.717, 1.165) is 0 Å². The highest BCUT2D eigenvalue weighted by Gasteiger charge is 2.13. The Bertz CT molecular complexity index is 128. The summed E-state index contributed by atoms with van der Waals surface area (Å²) in [6.45, 7) is 3.90. The van der Waals surface area contributed by atoms with Gasteiger partial charge in [-0.05, 0) is 5.92 Å². The summed E-state index contributed by atoms with van der Waals surface area (Å²) in [6, 6.07) is -0.125. The molecule has 0 aliphatic carbocycles. The normalized spacial score (nSPS) is 13.2. The Morgan fingerprint density at radius 1 is 1.64 bits per heavy atom. The lowest BCUT2D eigenvalue weighted by Crippen LogP contribution is -2.41. The molecule has 0 heterocycles. The number of rotatable bonds is 4. The van der Waals surface area contributed by atoms with Crippen LogP contribution < -0.4 is 5.32 Å². The van der Waals surface area contributed by atoms with Crippen molar-refractivity contribution in [2.24, 2.45) is 5.92 Å². The van der Waals surface area contributed by atoms with E-state index in [1.807, 2.05) is 13.8 Å². The molecule has 0 aliphatic rings. The largest absolute Gasteiger partial charge is 0.394 e. The van der Waals surface area contributed by atoms with Crippen LogP contribution in [0.2, 0.25) is 0 Å². The SMILES string of the molecule is CC(C)[C@@H](CO)NC(=O)CBr. The van der Waals surface area contributed by atoms with Crippen molar-refractivity contribution < 1.29 is 9.90 Å². The van der Waals surface area contributed by atoms with E-state index in [-0.39, 0.29) is 29.8 Å². The number of aliphatic hydroxyl groups excluding tert-OH is 1. The van der Waals surface area contributed by atoms with Crippen molar-refractivity contribution in [1.82, 2.24) is 5.32 Å². The van der Waals surface area contributed by atoms with Gasteiger partial charge in [0.1, 0.15) is 0 Å². The maximum Gasteiger partial charge on any atom is 0.230 e. The van der Waals surface area contributed by atoms with Gasteiger partial charge in [-0.2, -0.15) is 0 Å². The zero-order valence-corrected chi connectivity index (χ0v) is 8.39. The highest BCUT2D eigenvalue weighted by molar-refractivity contribution is 9.09. The molecule has 2 N–H and O–H groups in total. The summed E-state index contributed by atoms with van der Waals surface area (Å²) in [6.07, 6.45) is 0. The number of carbonyl (C=O) groups is 1. The summed E-state index contributed by atoms with van der Waals surface area (Å²) in [5.41, 5.74) is 0. The second-order valence-corrected chi connectivity index (χ2v) is 3.29. The van der Waals surface area contributed by atoms with E-state index < -0.39 is 0 Å². The van der Waals surface area contributed by atoms with Crippen LogP contribution in [0.1, 0.15) is 13.8 Å². The lowest BCUT2D eigenvalue weighted by molar-refractivity contribution is -0.119. The number of nitrogens with one attached hydrogen (secondary N) is 1. The van der Waals surface area contributed by atoms with Crippen LogP contribution in [0.5, 0.6) is 0 Å². The third kappa shape index (κ3) is 4.37. The fraction of sp³-hybridized carbons (Fsp3) is 0.857. The van der Waals surface area contributed by atoms with E-state index in [1.165, 1.54) is 0 Å². The fourth-order valence-electron chi connectivity index (χ4n) is 0.668. The third-order valence-electron chi connectivity index (χ3n) is 1.47. The summed E-state index contributed by atoms with van der Waals surface area (Å²) >= 11 is 3.03. The van der Waals surface area contributed by atoms with Gasteiger partial charge in [0.25, 0.3) is 0 Å². The smallest absolute Gasteiger partial charge is 0.230 e. The monoisotopic (exact) mass is 223 g/mol. The van der Waals surface area contributed by atoms with Crippen LogP contribution in [0.4, 0.5) is 0 Å². The Morgan fingerprint density at radius 3 is 2.45 bits per heavy atom. The van der Waals surface area contributed by atoms with Crippen molar-refractivity contribution in [3.8, 4) is 0 Å². The average Bonchev–Trinajstić information content (AvgIpc) is 1.99. The quantitative estimate of drug-likeness (QED) is 0.683. The molecule has 3 nitrogen and oxygen atoms in total. The van der Waals surface area contributed by atoms with Gasteiger partial charge in [0.2, 0.25) is 5.91 Å². The van der Waals surface area contributed by atoms with E-state index in [9.17, 15) is 4.79 Å². The maximum absolute atomic E-state index is 10.8. The Kier molecular flexibility index (Phi) is 5.50. The second-order valence-electron chi connectivity index (χ2n) is 2.73. The first kappa shape index (κ1) is 10.9. The first-order chi connectivity index (χ1) is 5.11. The molecule has 1 atom stereocenters. The van der Waals surface area contributed by atoms with Crippen molar-refractivity contribution in [1.29, 1.82) is 0 Å². The summed E-state index contributed by atoms with van der Waals surface area (Å²) in [4.78, 5) is 10.8. The number of carbonyl (C=O) groups excluding carboxylic acids is 1. The summed E-state index contributed by atoms with van der Waals surface area (Å²) < 4.78 is 0. The van der Waals surface area contributed by atoms with Gasteiger partial charge in [-0.1, -0.05) is 29.8 Å². The number of halogens is 1. The highest BCUT2D eigenvalue weighted by Crippen LogP contribution is 2.00. The van der Waals surface area contributed by atoms with E-state index >= 15 is 0 Å². The van der Waals surface area contributed by atoms with Gasteiger partial charge in [-0.15, -0.1) is 0 Å². The zero-order valence-electron chi connectivity index (χ0n) is 6.80. The van der Waals surface area contributed by atoms with Gasteiger partial charge in [0, 0.05) is 0 Å². The summed E-state index contributed by atoms with van der Waals surface area (Å²) in [5.74, 6) is 0.181. The number of hydrogen-bond acceptors (Lipinski definition) is 2. The van der Waals surface area contributed by atoms with Gasteiger partial charge in [0.15, 0.2) is 0 Å². The highest BCUT2D eigenvalue weighted by atomic mass is 79.9. The number of alkyl halides is 1. The van der Waals surface area contributed by atoms with Crippen LogP contribution in [-0.2, 0) is 4.79 Å². The lowest BCUT2D eigenvalue weighted by Gasteiger charge is -2.18. The molecule has 11 heavy (non-hydrogen) atoms.